The van der Waals surface area contributed by atoms with Crippen molar-refractivity contribution in [2.75, 3.05) is 13.1 Å². The Morgan fingerprint density at radius 1 is 1.37 bits per heavy atom. The number of pyridine rings is 1. The maximum absolute atomic E-state index is 12.2. The second-order valence-electron chi connectivity index (χ2n) is 5.02. The molecule has 0 atom stereocenters. The molecule has 1 saturated heterocycles. The van der Waals surface area contributed by atoms with E-state index in [9.17, 15) is 9.59 Å². The number of nitrogens with zero attached hydrogens (tertiary/aromatic N) is 2. The van der Waals surface area contributed by atoms with Gasteiger partial charge in [-0.1, -0.05) is 0 Å². The van der Waals surface area contributed by atoms with Crippen LogP contribution in [0.15, 0.2) is 18.3 Å². The molecule has 1 aromatic heterocycles. The predicted octanol–water partition coefficient (Wildman–Crippen LogP) is 1.72. The molecule has 19 heavy (non-hydrogen) atoms. The highest BCUT2D eigenvalue weighted by molar-refractivity contribution is 5.94. The molecule has 0 radical (unpaired) electrons. The molecule has 0 bridgehead atoms. The second kappa shape index (κ2) is 5.82. The van der Waals surface area contributed by atoms with Crippen molar-refractivity contribution in [1.82, 2.24) is 9.88 Å². The van der Waals surface area contributed by atoms with Crippen molar-refractivity contribution < 1.29 is 14.7 Å². The van der Waals surface area contributed by atoms with Crippen LogP contribution in [0, 0.1) is 12.8 Å². The summed E-state index contributed by atoms with van der Waals surface area (Å²) >= 11 is 0. The number of likely N-dealkylation sites (tertiary alicyclic amines) is 1. The van der Waals surface area contributed by atoms with Gasteiger partial charge in [0.15, 0.2) is 0 Å². The van der Waals surface area contributed by atoms with E-state index in [1.807, 2.05) is 13.0 Å². The predicted molar refractivity (Wildman–Crippen MR) is 69.9 cm³/mol. The van der Waals surface area contributed by atoms with Gasteiger partial charge in [0.1, 0.15) is 0 Å². The molecule has 102 valence electrons. The minimum Gasteiger partial charge on any atom is -0.481 e. The number of carboxylic acid groups (broad SMARTS) is 1. The first-order valence-electron chi connectivity index (χ1n) is 6.50. The van der Waals surface area contributed by atoms with Gasteiger partial charge in [0.2, 0.25) is 0 Å². The lowest BCUT2D eigenvalue weighted by molar-refractivity contribution is -0.138. The third kappa shape index (κ3) is 3.53. The van der Waals surface area contributed by atoms with Crippen molar-refractivity contribution in [1.29, 1.82) is 0 Å². The molecular weight excluding hydrogens is 244 g/mol. The lowest BCUT2D eigenvalue weighted by Crippen LogP contribution is -2.38. The van der Waals surface area contributed by atoms with Gasteiger partial charge < -0.3 is 10.0 Å². The average molecular weight is 262 g/mol. The van der Waals surface area contributed by atoms with E-state index in [0.717, 1.165) is 18.5 Å². The number of piperidine rings is 1. The van der Waals surface area contributed by atoms with E-state index >= 15 is 0 Å². The molecule has 1 amide bonds. The smallest absolute Gasteiger partial charge is 0.303 e. The number of carbonyl (C=O) groups is 2. The number of aliphatic carboxylic acids is 1. The molecule has 0 spiro atoms. The maximum Gasteiger partial charge on any atom is 0.303 e. The van der Waals surface area contributed by atoms with Crippen LogP contribution < -0.4 is 0 Å². The molecule has 1 N–H and O–H groups in total. The van der Waals surface area contributed by atoms with Gasteiger partial charge in [0.05, 0.1) is 5.56 Å². The third-order valence-electron chi connectivity index (χ3n) is 3.52. The lowest BCUT2D eigenvalue weighted by atomic mass is 9.93. The van der Waals surface area contributed by atoms with Crippen LogP contribution in [0.25, 0.3) is 0 Å². The van der Waals surface area contributed by atoms with Crippen LogP contribution in [-0.2, 0) is 4.79 Å². The maximum atomic E-state index is 12.2. The van der Waals surface area contributed by atoms with Gasteiger partial charge in [0, 0.05) is 31.4 Å². The molecule has 0 aromatic carbocycles. The summed E-state index contributed by atoms with van der Waals surface area (Å²) in [6.07, 6.45) is 3.32. The summed E-state index contributed by atoms with van der Waals surface area (Å²) in [4.78, 5) is 28.8. The van der Waals surface area contributed by atoms with E-state index in [-0.39, 0.29) is 18.2 Å². The van der Waals surface area contributed by atoms with Crippen LogP contribution in [-0.4, -0.2) is 40.0 Å². The van der Waals surface area contributed by atoms with Gasteiger partial charge in [-0.2, -0.15) is 0 Å². The molecule has 1 fully saturated rings. The first kappa shape index (κ1) is 13.5. The number of carbonyl (C=O) groups excluding carboxylic acids is 1. The standard InChI is InChI=1S/C14H18N2O3/c1-10-2-3-12(9-15-10)14(19)16-6-4-11(5-7-16)8-13(17)18/h2-3,9,11H,4-8H2,1H3,(H,17,18). The number of aryl methyl sites for hydroxylation is 1. The largest absolute Gasteiger partial charge is 0.481 e. The SMILES string of the molecule is Cc1ccc(C(=O)N2CCC(CC(=O)O)CC2)cn1. The number of carboxylic acids is 1. The lowest BCUT2D eigenvalue weighted by Gasteiger charge is -2.31. The highest BCUT2D eigenvalue weighted by Gasteiger charge is 2.24. The minimum absolute atomic E-state index is 0.0127. The van der Waals surface area contributed by atoms with Gasteiger partial charge in [-0.15, -0.1) is 0 Å². The van der Waals surface area contributed by atoms with Crippen LogP contribution >= 0.6 is 0 Å². The summed E-state index contributed by atoms with van der Waals surface area (Å²) in [6.45, 7) is 3.14. The molecular formula is C14H18N2O3. The van der Waals surface area contributed by atoms with E-state index in [1.165, 1.54) is 0 Å². The zero-order chi connectivity index (χ0) is 13.8. The Balaban J connectivity index is 1.92. The van der Waals surface area contributed by atoms with Gasteiger partial charge in [0.25, 0.3) is 5.91 Å². The van der Waals surface area contributed by atoms with E-state index < -0.39 is 5.97 Å². The fourth-order valence-corrected chi connectivity index (χ4v) is 2.36. The molecule has 5 nitrogen and oxygen atoms in total. The van der Waals surface area contributed by atoms with Crippen molar-refractivity contribution in [2.24, 2.45) is 5.92 Å². The summed E-state index contributed by atoms with van der Waals surface area (Å²) in [5.74, 6) is -0.577. The van der Waals surface area contributed by atoms with Crippen molar-refractivity contribution in [3.05, 3.63) is 29.6 Å². The summed E-state index contributed by atoms with van der Waals surface area (Å²) in [5.41, 5.74) is 1.49. The van der Waals surface area contributed by atoms with Crippen LogP contribution in [0.5, 0.6) is 0 Å². The molecule has 0 unspecified atom stereocenters. The number of rotatable bonds is 3. The number of hydrogen-bond donors (Lipinski definition) is 1. The minimum atomic E-state index is -0.757. The Morgan fingerprint density at radius 3 is 2.58 bits per heavy atom. The fraction of sp³-hybridized carbons (Fsp3) is 0.500. The van der Waals surface area contributed by atoms with Crippen molar-refractivity contribution in [3.8, 4) is 0 Å². The zero-order valence-corrected chi connectivity index (χ0v) is 11.0. The molecule has 1 aliphatic rings. The molecule has 1 aromatic rings. The number of aromatic nitrogens is 1. The van der Waals surface area contributed by atoms with Gasteiger partial charge >= 0.3 is 5.97 Å². The Morgan fingerprint density at radius 2 is 2.05 bits per heavy atom. The van der Waals surface area contributed by atoms with Crippen molar-refractivity contribution in [3.63, 3.8) is 0 Å². The van der Waals surface area contributed by atoms with Crippen LogP contribution in [0.1, 0.15) is 35.3 Å². The molecule has 2 rings (SSSR count). The Hall–Kier alpha value is -1.91. The topological polar surface area (TPSA) is 70.5 Å². The number of amides is 1. The molecule has 2 heterocycles. The zero-order valence-electron chi connectivity index (χ0n) is 11.0. The van der Waals surface area contributed by atoms with Gasteiger partial charge in [-0.05, 0) is 37.8 Å². The van der Waals surface area contributed by atoms with E-state index in [4.69, 9.17) is 5.11 Å². The first-order chi connectivity index (χ1) is 9.06. The Labute approximate surface area is 112 Å². The fourth-order valence-electron chi connectivity index (χ4n) is 2.36. The normalized spacial score (nSPS) is 16.4. The van der Waals surface area contributed by atoms with Crippen molar-refractivity contribution >= 4 is 11.9 Å². The Kier molecular flexibility index (Phi) is 4.14. The summed E-state index contributed by atoms with van der Waals surface area (Å²) in [7, 11) is 0. The molecule has 0 aliphatic carbocycles. The van der Waals surface area contributed by atoms with E-state index in [1.54, 1.807) is 17.2 Å². The highest BCUT2D eigenvalue weighted by atomic mass is 16.4. The third-order valence-corrected chi connectivity index (χ3v) is 3.52. The Bertz CT molecular complexity index is 462. The van der Waals surface area contributed by atoms with Gasteiger partial charge in [-0.25, -0.2) is 0 Å². The van der Waals surface area contributed by atoms with Crippen LogP contribution in [0.3, 0.4) is 0 Å². The quantitative estimate of drug-likeness (QED) is 0.900. The summed E-state index contributed by atoms with van der Waals surface area (Å²) < 4.78 is 0. The van der Waals surface area contributed by atoms with Gasteiger partial charge in [-0.3, -0.25) is 14.6 Å². The second-order valence-corrected chi connectivity index (χ2v) is 5.02. The summed E-state index contributed by atoms with van der Waals surface area (Å²) in [6, 6.07) is 3.61. The molecule has 1 aliphatic heterocycles. The number of hydrogen-bond acceptors (Lipinski definition) is 3. The average Bonchev–Trinajstić information content (AvgIpc) is 2.39. The van der Waals surface area contributed by atoms with E-state index in [0.29, 0.717) is 18.7 Å². The first-order valence-corrected chi connectivity index (χ1v) is 6.50. The summed E-state index contributed by atoms with van der Waals surface area (Å²) in [5, 5.41) is 8.76. The highest BCUT2D eigenvalue weighted by Crippen LogP contribution is 2.21. The van der Waals surface area contributed by atoms with Crippen molar-refractivity contribution in [2.45, 2.75) is 26.2 Å². The monoisotopic (exact) mass is 262 g/mol. The van der Waals surface area contributed by atoms with Crippen LogP contribution in [0.4, 0.5) is 0 Å². The molecule has 0 saturated carbocycles. The van der Waals surface area contributed by atoms with E-state index in [2.05, 4.69) is 4.98 Å². The van der Waals surface area contributed by atoms with Crippen LogP contribution in [0.2, 0.25) is 0 Å². The molecule has 5 heteroatoms.